The normalized spacial score (nSPS) is 52.7. The van der Waals surface area contributed by atoms with Gasteiger partial charge in [0.05, 0.1) is 48.8 Å². The molecule has 0 radical (unpaired) electrons. The summed E-state index contributed by atoms with van der Waals surface area (Å²) in [4.78, 5) is 29.2. The number of aliphatic hydroxyl groups excluding tert-OH is 2. The zero-order valence-electron chi connectivity index (χ0n) is 33.4. The van der Waals surface area contributed by atoms with E-state index in [4.69, 9.17) is 47.0 Å². The Labute approximate surface area is 323 Å². The van der Waals surface area contributed by atoms with Crippen LogP contribution in [0.4, 0.5) is 0 Å². The lowest BCUT2D eigenvalue weighted by atomic mass is 9.73. The summed E-state index contributed by atoms with van der Waals surface area (Å²) in [5.41, 5.74) is -1.64. The van der Waals surface area contributed by atoms with Crippen molar-refractivity contribution in [1.82, 2.24) is 0 Å². The number of aliphatic hydroxyl groups is 2. The van der Waals surface area contributed by atoms with Crippen molar-refractivity contribution in [1.29, 1.82) is 0 Å². The summed E-state index contributed by atoms with van der Waals surface area (Å²) in [7, 11) is 0. The molecule has 6 saturated heterocycles. The van der Waals surface area contributed by atoms with Crippen molar-refractivity contribution in [3.05, 3.63) is 24.3 Å². The summed E-state index contributed by atoms with van der Waals surface area (Å²) in [6, 6.07) is 0. The molecule has 17 unspecified atom stereocenters. The highest BCUT2D eigenvalue weighted by Gasteiger charge is 2.73. The molecule has 6 fully saturated rings. The van der Waals surface area contributed by atoms with Crippen LogP contribution in [0.1, 0.15) is 107 Å². The molecule has 8 heterocycles. The van der Waals surface area contributed by atoms with E-state index in [0.717, 1.165) is 0 Å². The molecule has 11 bridgehead atoms. The average Bonchev–Trinajstić information content (AvgIpc) is 3.84. The molecule has 8 aliphatic rings. The van der Waals surface area contributed by atoms with E-state index in [1.54, 1.807) is 0 Å². The quantitative estimate of drug-likeness (QED) is 0.205. The van der Waals surface area contributed by atoms with Crippen LogP contribution in [0.5, 0.6) is 0 Å². The summed E-state index contributed by atoms with van der Waals surface area (Å²) in [6.07, 6.45) is 2.49. The van der Waals surface area contributed by atoms with Gasteiger partial charge in [-0.3, -0.25) is 0 Å². The van der Waals surface area contributed by atoms with Gasteiger partial charge in [-0.15, -0.1) is 0 Å². The Bertz CT molecular complexity index is 1440. The number of ether oxygens (including phenoxy) is 6. The van der Waals surface area contributed by atoms with Crippen LogP contribution in [0, 0.1) is 22.7 Å². The van der Waals surface area contributed by atoms with Crippen molar-refractivity contribution < 1.29 is 66.8 Å². The summed E-state index contributed by atoms with van der Waals surface area (Å²) in [5, 5.41) is 23.3. The van der Waals surface area contributed by atoms with E-state index in [1.807, 2.05) is 79.7 Å². The Morgan fingerprint density at radius 1 is 0.636 bits per heavy atom. The first-order valence-electron chi connectivity index (χ1n) is 20.5. The first kappa shape index (κ1) is 39.9. The van der Waals surface area contributed by atoms with Gasteiger partial charge in [0.1, 0.15) is 12.2 Å². The van der Waals surface area contributed by atoms with E-state index < -0.39 is 114 Å². The fourth-order valence-electron chi connectivity index (χ4n) is 10.1. The fraction of sp³-hybridized carbons (Fsp3) is 0.850. The lowest BCUT2D eigenvalue weighted by molar-refractivity contribution is -0.310. The van der Waals surface area contributed by atoms with Crippen molar-refractivity contribution in [2.24, 2.45) is 22.7 Å². The molecule has 15 heteroatoms. The molecule has 8 aliphatic heterocycles. The summed E-state index contributed by atoms with van der Waals surface area (Å²) in [5.74, 6) is -6.02. The lowest BCUT2D eigenvalue weighted by Gasteiger charge is -2.52. The van der Waals surface area contributed by atoms with Crippen LogP contribution in [0.15, 0.2) is 24.3 Å². The van der Waals surface area contributed by atoms with Gasteiger partial charge in [0.15, 0.2) is 23.8 Å². The number of esters is 2. The molecule has 2 N–H and O–H groups in total. The van der Waals surface area contributed by atoms with Crippen molar-refractivity contribution >= 4 is 18.9 Å². The third kappa shape index (κ3) is 6.66. The second-order valence-electron chi connectivity index (χ2n) is 18.6. The largest absolute Gasteiger partial charge is 0.536 e. The molecule has 308 valence electrons. The van der Waals surface area contributed by atoms with E-state index in [2.05, 4.69) is 0 Å². The minimum absolute atomic E-state index is 0.318. The van der Waals surface area contributed by atoms with Gasteiger partial charge in [-0.05, 0) is 52.4 Å². The van der Waals surface area contributed by atoms with Gasteiger partial charge in [0.25, 0.3) is 0 Å². The van der Waals surface area contributed by atoms with Crippen molar-refractivity contribution in [3.63, 3.8) is 0 Å². The molecule has 0 aliphatic carbocycles. The number of carbonyl (C=O) groups is 2. The highest BCUT2D eigenvalue weighted by atomic mass is 17.0. The van der Waals surface area contributed by atoms with Gasteiger partial charge in [-0.2, -0.15) is 0 Å². The average molecular weight is 776 g/mol. The van der Waals surface area contributed by atoms with Crippen molar-refractivity contribution in [3.8, 4) is 0 Å². The molecule has 0 aromatic heterocycles. The van der Waals surface area contributed by atoms with E-state index in [-0.39, 0.29) is 12.2 Å². The predicted molar refractivity (Wildman–Crippen MR) is 194 cm³/mol. The Morgan fingerprint density at radius 2 is 1.04 bits per heavy atom. The Hall–Kier alpha value is -1.92. The summed E-state index contributed by atoms with van der Waals surface area (Å²) < 4.78 is 65.8. The maximum atomic E-state index is 14.6. The minimum Gasteiger partial charge on any atom is -0.504 e. The van der Waals surface area contributed by atoms with Gasteiger partial charge in [0, 0.05) is 35.5 Å². The van der Waals surface area contributed by atoms with Crippen LogP contribution >= 0.6 is 0 Å². The maximum Gasteiger partial charge on any atom is 0.536 e. The monoisotopic (exact) mass is 775 g/mol. The first-order valence-corrected chi connectivity index (χ1v) is 20.5. The van der Waals surface area contributed by atoms with E-state index in [1.165, 1.54) is 0 Å². The number of hydrogen-bond acceptors (Lipinski definition) is 14. The summed E-state index contributed by atoms with van der Waals surface area (Å²) >= 11 is 0. The number of fused-ring (bicyclic) bond motifs is 8. The lowest BCUT2D eigenvalue weighted by Crippen LogP contribution is -2.61. The van der Waals surface area contributed by atoms with E-state index in [0.29, 0.717) is 51.4 Å². The molecule has 0 aromatic rings. The molecule has 14 nitrogen and oxygen atoms in total. The van der Waals surface area contributed by atoms with Gasteiger partial charge in [0.2, 0.25) is 0 Å². The van der Waals surface area contributed by atoms with Crippen LogP contribution < -0.4 is 0 Å². The van der Waals surface area contributed by atoms with Crippen LogP contribution in [-0.2, 0) is 56.6 Å². The Morgan fingerprint density at radius 3 is 1.44 bits per heavy atom. The zero-order chi connectivity index (χ0) is 39.3. The van der Waals surface area contributed by atoms with Crippen molar-refractivity contribution in [2.45, 2.75) is 192 Å². The highest BCUT2D eigenvalue weighted by Crippen LogP contribution is 2.57. The third-order valence-corrected chi connectivity index (χ3v) is 14.3. The minimum atomic E-state index is -3.42. The van der Waals surface area contributed by atoms with Gasteiger partial charge >= 0.3 is 18.9 Å². The van der Waals surface area contributed by atoms with Crippen LogP contribution in [0.25, 0.3) is 0 Å². The smallest absolute Gasteiger partial charge is 0.504 e. The molecular weight excluding hydrogens is 715 g/mol. The zero-order valence-corrected chi connectivity index (χ0v) is 33.4. The first-order chi connectivity index (χ1) is 25.9. The molecule has 0 saturated carbocycles. The molecule has 0 aromatic carbocycles. The molecule has 17 atom stereocenters. The van der Waals surface area contributed by atoms with Crippen molar-refractivity contribution in [2.75, 3.05) is 0 Å². The SMILES string of the molecule is CC1OC2C=CCC(O)C(C)(C)C3CCC(C)C4(O3)O[B-]35OC(C(=O)OC1C2)C1(OC(CCC1C)C(C)(C)C(O)C/C=C\C1CC(OC(=O)C4O3)C(C)O1)O5. The second-order valence-corrected chi connectivity index (χ2v) is 18.6. The third-order valence-electron chi connectivity index (χ3n) is 14.3. The Balaban J connectivity index is 1.27. The number of rotatable bonds is 0. The Kier molecular flexibility index (Phi) is 10.2. The van der Waals surface area contributed by atoms with Gasteiger partial charge in [-0.1, -0.05) is 65.8 Å². The second kappa shape index (κ2) is 14.1. The van der Waals surface area contributed by atoms with Gasteiger partial charge in [-0.25, -0.2) is 9.59 Å². The highest BCUT2D eigenvalue weighted by molar-refractivity contribution is 6.56. The van der Waals surface area contributed by atoms with Gasteiger partial charge < -0.3 is 57.3 Å². The molecule has 3 spiro atoms. The van der Waals surface area contributed by atoms with Crippen LogP contribution in [0.3, 0.4) is 0 Å². The maximum absolute atomic E-state index is 14.6. The fourth-order valence-corrected chi connectivity index (χ4v) is 10.1. The van der Waals surface area contributed by atoms with Crippen LogP contribution in [0.2, 0.25) is 0 Å². The number of hydrogen-bond donors (Lipinski definition) is 2. The summed E-state index contributed by atoms with van der Waals surface area (Å²) in [6.45, 7) is 11.8. The van der Waals surface area contributed by atoms with E-state index >= 15 is 0 Å². The molecule has 0 amide bonds. The molecular formula is C40H60BO14-. The molecule has 8 rings (SSSR count). The van der Waals surface area contributed by atoms with E-state index in [9.17, 15) is 19.8 Å². The van der Waals surface area contributed by atoms with Crippen LogP contribution in [-0.4, -0.2) is 114 Å². The standard InChI is InChI=1S/C40H60BO14/c1-21-15-17-31-37(5,6)29(42)13-9-11-26-20-28(24(4)47-26)49-36(45)34-40-22(2)16-18-32(51-40)38(7,8)30(43)14-10-12-25-19-27(23(3)46-25)48-35(44)33-39(21,50-31)54-41(52-33,53-34)55-40/h9-12,21-34,42-43H,13-20H2,1-8H3/q-1/b11-9-,12-10?. The predicted octanol–water partition coefficient (Wildman–Crippen LogP) is 4.15. The number of carbonyl (C=O) groups excluding carboxylic acids is 2. The topological polar surface area (TPSA) is 167 Å². The molecule has 55 heavy (non-hydrogen) atoms.